The third-order valence-electron chi connectivity index (χ3n) is 4.24. The molecule has 1 heterocycles. The standard InChI is InChI=1S/C13H29N3/c1-5-7-13(3,11-14)16-9-8-15(4)12(6-2)10-16/h12H,5-11,14H2,1-4H3. The topological polar surface area (TPSA) is 32.5 Å². The van der Waals surface area contributed by atoms with Gasteiger partial charge in [0.05, 0.1) is 0 Å². The molecule has 2 N–H and O–H groups in total. The van der Waals surface area contributed by atoms with Gasteiger partial charge in [-0.1, -0.05) is 20.3 Å². The molecular formula is C13H29N3. The molecule has 0 bridgehead atoms. The fraction of sp³-hybridized carbons (Fsp3) is 1.00. The molecule has 0 amide bonds. The Morgan fingerprint density at radius 1 is 1.31 bits per heavy atom. The highest BCUT2D eigenvalue weighted by Crippen LogP contribution is 2.24. The zero-order chi connectivity index (χ0) is 12.2. The largest absolute Gasteiger partial charge is 0.329 e. The van der Waals surface area contributed by atoms with E-state index in [0.29, 0.717) is 6.04 Å². The molecule has 16 heavy (non-hydrogen) atoms. The van der Waals surface area contributed by atoms with E-state index < -0.39 is 0 Å². The summed E-state index contributed by atoms with van der Waals surface area (Å²) in [7, 11) is 2.24. The molecule has 2 atom stereocenters. The van der Waals surface area contributed by atoms with Crippen LogP contribution in [-0.4, -0.2) is 54.6 Å². The monoisotopic (exact) mass is 227 g/mol. The molecule has 0 saturated carbocycles. The minimum atomic E-state index is 0.212. The quantitative estimate of drug-likeness (QED) is 0.773. The van der Waals surface area contributed by atoms with Gasteiger partial charge in [0, 0.05) is 37.8 Å². The second-order valence-corrected chi connectivity index (χ2v) is 5.44. The summed E-state index contributed by atoms with van der Waals surface area (Å²) in [5, 5.41) is 0. The molecule has 0 radical (unpaired) electrons. The van der Waals surface area contributed by atoms with Crippen molar-refractivity contribution in [1.82, 2.24) is 9.80 Å². The fourth-order valence-electron chi connectivity index (χ4n) is 2.81. The highest BCUT2D eigenvalue weighted by atomic mass is 15.3. The minimum absolute atomic E-state index is 0.212. The summed E-state index contributed by atoms with van der Waals surface area (Å²) >= 11 is 0. The summed E-state index contributed by atoms with van der Waals surface area (Å²) in [6.45, 7) is 11.2. The van der Waals surface area contributed by atoms with Gasteiger partial charge in [-0.25, -0.2) is 0 Å². The van der Waals surface area contributed by atoms with Gasteiger partial charge in [0.2, 0.25) is 0 Å². The van der Waals surface area contributed by atoms with Gasteiger partial charge in [0.25, 0.3) is 0 Å². The predicted octanol–water partition coefficient (Wildman–Crippen LogP) is 1.53. The Labute approximate surface area is 101 Å². The van der Waals surface area contributed by atoms with Crippen LogP contribution in [0, 0.1) is 0 Å². The van der Waals surface area contributed by atoms with E-state index in [9.17, 15) is 0 Å². The van der Waals surface area contributed by atoms with Crippen molar-refractivity contribution in [3.8, 4) is 0 Å². The molecule has 0 aromatic heterocycles. The van der Waals surface area contributed by atoms with Crippen LogP contribution in [0.3, 0.4) is 0 Å². The Morgan fingerprint density at radius 2 is 2.00 bits per heavy atom. The maximum absolute atomic E-state index is 5.99. The smallest absolute Gasteiger partial charge is 0.0304 e. The summed E-state index contributed by atoms with van der Waals surface area (Å²) in [5.41, 5.74) is 6.20. The SMILES string of the molecule is CCCC(C)(CN)N1CCN(C)C(CC)C1. The van der Waals surface area contributed by atoms with E-state index in [1.807, 2.05) is 0 Å². The van der Waals surface area contributed by atoms with Crippen LogP contribution in [-0.2, 0) is 0 Å². The molecule has 0 spiro atoms. The summed E-state index contributed by atoms with van der Waals surface area (Å²) in [4.78, 5) is 5.10. The van der Waals surface area contributed by atoms with Crippen molar-refractivity contribution in [1.29, 1.82) is 0 Å². The lowest BCUT2D eigenvalue weighted by Gasteiger charge is -2.48. The van der Waals surface area contributed by atoms with Gasteiger partial charge in [-0.2, -0.15) is 0 Å². The number of hydrogen-bond donors (Lipinski definition) is 1. The molecule has 96 valence electrons. The minimum Gasteiger partial charge on any atom is -0.329 e. The van der Waals surface area contributed by atoms with E-state index in [4.69, 9.17) is 5.73 Å². The van der Waals surface area contributed by atoms with Crippen LogP contribution in [0.25, 0.3) is 0 Å². The number of nitrogens with two attached hydrogens (primary N) is 1. The van der Waals surface area contributed by atoms with Crippen molar-refractivity contribution >= 4 is 0 Å². The number of piperazine rings is 1. The van der Waals surface area contributed by atoms with Gasteiger partial charge < -0.3 is 10.6 Å². The van der Waals surface area contributed by atoms with Crippen molar-refractivity contribution in [2.75, 3.05) is 33.2 Å². The second kappa shape index (κ2) is 5.99. The number of likely N-dealkylation sites (N-methyl/N-ethyl adjacent to an activating group) is 1. The normalized spacial score (nSPS) is 27.9. The first-order valence-corrected chi connectivity index (χ1v) is 6.72. The summed E-state index contributed by atoms with van der Waals surface area (Å²) in [5.74, 6) is 0. The molecule has 2 unspecified atom stereocenters. The van der Waals surface area contributed by atoms with E-state index in [1.54, 1.807) is 0 Å². The molecule has 0 aromatic carbocycles. The molecule has 1 saturated heterocycles. The first kappa shape index (κ1) is 13.9. The average Bonchev–Trinajstić information content (AvgIpc) is 2.29. The van der Waals surface area contributed by atoms with Crippen molar-refractivity contribution in [2.45, 2.75) is 51.6 Å². The van der Waals surface area contributed by atoms with Gasteiger partial charge in [0.15, 0.2) is 0 Å². The lowest BCUT2D eigenvalue weighted by Crippen LogP contribution is -2.61. The van der Waals surface area contributed by atoms with Crippen LogP contribution in [0.15, 0.2) is 0 Å². The third kappa shape index (κ3) is 2.96. The zero-order valence-corrected chi connectivity index (χ0v) is 11.5. The Morgan fingerprint density at radius 3 is 2.50 bits per heavy atom. The number of nitrogens with zero attached hydrogens (tertiary/aromatic N) is 2. The maximum atomic E-state index is 5.99. The van der Waals surface area contributed by atoms with Crippen molar-refractivity contribution < 1.29 is 0 Å². The molecule has 1 fully saturated rings. The van der Waals surface area contributed by atoms with E-state index in [1.165, 1.54) is 38.9 Å². The summed E-state index contributed by atoms with van der Waals surface area (Å²) < 4.78 is 0. The maximum Gasteiger partial charge on any atom is 0.0304 e. The van der Waals surface area contributed by atoms with Gasteiger partial charge in [0.1, 0.15) is 0 Å². The van der Waals surface area contributed by atoms with Crippen molar-refractivity contribution in [2.24, 2.45) is 5.73 Å². The molecule has 1 aliphatic rings. The zero-order valence-electron chi connectivity index (χ0n) is 11.5. The third-order valence-corrected chi connectivity index (χ3v) is 4.24. The molecule has 1 aliphatic heterocycles. The number of hydrogen-bond acceptors (Lipinski definition) is 3. The lowest BCUT2D eigenvalue weighted by atomic mass is 9.92. The predicted molar refractivity (Wildman–Crippen MR) is 70.6 cm³/mol. The van der Waals surface area contributed by atoms with Crippen LogP contribution in [0.5, 0.6) is 0 Å². The van der Waals surface area contributed by atoms with Gasteiger partial charge in [-0.05, 0) is 26.8 Å². The first-order valence-electron chi connectivity index (χ1n) is 6.72. The van der Waals surface area contributed by atoms with Crippen LogP contribution in [0.2, 0.25) is 0 Å². The van der Waals surface area contributed by atoms with E-state index in [0.717, 1.165) is 6.54 Å². The van der Waals surface area contributed by atoms with Gasteiger partial charge in [-0.3, -0.25) is 4.90 Å². The first-order chi connectivity index (χ1) is 7.57. The van der Waals surface area contributed by atoms with Crippen molar-refractivity contribution in [3.63, 3.8) is 0 Å². The average molecular weight is 227 g/mol. The van der Waals surface area contributed by atoms with Crippen LogP contribution in [0.4, 0.5) is 0 Å². The molecule has 0 aromatic rings. The lowest BCUT2D eigenvalue weighted by molar-refractivity contribution is 0.0161. The molecule has 3 nitrogen and oxygen atoms in total. The van der Waals surface area contributed by atoms with E-state index in [-0.39, 0.29) is 5.54 Å². The summed E-state index contributed by atoms with van der Waals surface area (Å²) in [6, 6.07) is 0.705. The van der Waals surface area contributed by atoms with Crippen LogP contribution >= 0.6 is 0 Å². The van der Waals surface area contributed by atoms with Crippen LogP contribution in [0.1, 0.15) is 40.0 Å². The van der Waals surface area contributed by atoms with Gasteiger partial charge >= 0.3 is 0 Å². The van der Waals surface area contributed by atoms with Gasteiger partial charge in [-0.15, -0.1) is 0 Å². The molecular weight excluding hydrogens is 198 g/mol. The Balaban J connectivity index is 2.65. The fourth-order valence-corrected chi connectivity index (χ4v) is 2.81. The van der Waals surface area contributed by atoms with Crippen molar-refractivity contribution in [3.05, 3.63) is 0 Å². The molecule has 1 rings (SSSR count). The molecule has 0 aliphatic carbocycles. The number of rotatable bonds is 5. The molecule has 3 heteroatoms. The summed E-state index contributed by atoms with van der Waals surface area (Å²) in [6.07, 6.45) is 3.67. The van der Waals surface area contributed by atoms with Crippen LogP contribution < -0.4 is 5.73 Å². The Bertz CT molecular complexity index is 207. The Hall–Kier alpha value is -0.120. The Kier molecular flexibility index (Phi) is 5.22. The van der Waals surface area contributed by atoms with E-state index in [2.05, 4.69) is 37.6 Å². The highest BCUT2D eigenvalue weighted by Gasteiger charge is 2.34. The second-order valence-electron chi connectivity index (χ2n) is 5.44. The highest BCUT2D eigenvalue weighted by molar-refractivity contribution is 4.92. The van der Waals surface area contributed by atoms with E-state index >= 15 is 0 Å².